The van der Waals surface area contributed by atoms with Crippen molar-refractivity contribution in [3.63, 3.8) is 0 Å². The lowest BCUT2D eigenvalue weighted by molar-refractivity contribution is -0.137. The van der Waals surface area contributed by atoms with Crippen LogP contribution in [0.1, 0.15) is 110 Å². The van der Waals surface area contributed by atoms with Crippen LogP contribution in [0.4, 0.5) is 0 Å². The van der Waals surface area contributed by atoms with Crippen LogP contribution in [0.5, 0.6) is 0 Å². The van der Waals surface area contributed by atoms with Crippen LogP contribution in [-0.2, 0) is 4.79 Å². The van der Waals surface area contributed by atoms with Crippen molar-refractivity contribution in [2.45, 2.75) is 110 Å². The third-order valence-corrected chi connectivity index (χ3v) is 3.99. The smallest absolute Gasteiger partial charge is 0.496 e. The maximum Gasteiger partial charge on any atom is 0.644 e. The van der Waals surface area contributed by atoms with Gasteiger partial charge >= 0.3 is 21.9 Å². The number of carbonyl (C=O) groups is 1. The second-order valence-corrected chi connectivity index (χ2v) is 6.52. The minimum absolute atomic E-state index is 0.345. The van der Waals surface area contributed by atoms with Crippen LogP contribution in [0.3, 0.4) is 0 Å². The molecule has 0 atom stereocenters. The van der Waals surface area contributed by atoms with Crippen LogP contribution < -0.4 is 0 Å². The maximum atomic E-state index is 10.3. The van der Waals surface area contributed by atoms with E-state index < -0.39 is 21.9 Å². The Balaban J connectivity index is 0. The van der Waals surface area contributed by atoms with Gasteiger partial charge in [-0.05, 0) is 6.42 Å². The van der Waals surface area contributed by atoms with Gasteiger partial charge in [-0.15, -0.1) is 0 Å². The Morgan fingerprint density at radius 1 is 0.652 bits per heavy atom. The summed E-state index contributed by atoms with van der Waals surface area (Å²) in [5.41, 5.74) is 0. The molecule has 3 N–H and O–H groups in total. The number of carboxylic acids is 1. The van der Waals surface area contributed by atoms with Gasteiger partial charge in [-0.1, -0.05) is 96.8 Å². The summed E-state index contributed by atoms with van der Waals surface area (Å²) in [7, 11) is 0. The summed E-state index contributed by atoms with van der Waals surface area (Å²) in [4.78, 5) is 10.3. The van der Waals surface area contributed by atoms with Crippen molar-refractivity contribution in [3.05, 3.63) is 0 Å². The van der Waals surface area contributed by atoms with E-state index >= 15 is 0 Å². The standard InChI is InChI=1S/C18H36O2.Al.2H2O.H/c1-2-3-4-5-6-7-8-9-10-11-12-13-14-15-16-17-18(19)20;;;;/h2-17H2,1H3,(H,19,20);;2*1H2;/q;+2;;;/p-2. The molecule has 0 aliphatic rings. The van der Waals surface area contributed by atoms with Gasteiger partial charge in [-0.25, -0.2) is 0 Å². The monoisotopic (exact) mass is 346 g/mol. The fraction of sp³-hybridized carbons (Fsp3) is 0.944. The van der Waals surface area contributed by atoms with Crippen molar-refractivity contribution in [1.82, 2.24) is 0 Å². The van der Waals surface area contributed by atoms with Gasteiger partial charge in [-0.2, -0.15) is 0 Å². The fourth-order valence-corrected chi connectivity index (χ4v) is 2.65. The summed E-state index contributed by atoms with van der Waals surface area (Å²) in [6.07, 6.45) is 20.2. The Morgan fingerprint density at radius 3 is 1.17 bits per heavy atom. The Morgan fingerprint density at radius 2 is 0.913 bits per heavy atom. The lowest BCUT2D eigenvalue weighted by atomic mass is 10.0. The van der Waals surface area contributed by atoms with Gasteiger partial charge < -0.3 is 13.4 Å². The van der Waals surface area contributed by atoms with E-state index in [0.29, 0.717) is 6.42 Å². The summed E-state index contributed by atoms with van der Waals surface area (Å²) < 4.78 is 14.5. The molecule has 0 radical (unpaired) electrons. The minimum atomic E-state index is -1.58. The Labute approximate surface area is 150 Å². The molecule has 4 nitrogen and oxygen atoms in total. The van der Waals surface area contributed by atoms with Gasteiger partial charge in [0.15, 0.2) is 0 Å². The maximum absolute atomic E-state index is 10.3. The molecule has 0 saturated heterocycles. The van der Waals surface area contributed by atoms with E-state index in [9.17, 15) is 4.79 Å². The first-order chi connectivity index (χ1) is 11.2. The van der Waals surface area contributed by atoms with Crippen LogP contribution in [0.2, 0.25) is 0 Å². The quantitative estimate of drug-likeness (QED) is 0.282. The first-order valence-electron chi connectivity index (χ1n) is 9.62. The number of hydrogen-bond donors (Lipinski definition) is 3. The lowest BCUT2D eigenvalue weighted by Gasteiger charge is -2.03. The highest BCUT2D eigenvalue weighted by Crippen LogP contribution is 2.13. The number of unbranched alkanes of at least 4 members (excludes halogenated alkanes) is 14. The van der Waals surface area contributed by atoms with E-state index in [4.69, 9.17) is 13.4 Å². The molecule has 0 amide bonds. The molecule has 0 aliphatic heterocycles. The second-order valence-electron chi connectivity index (χ2n) is 6.23. The Hall–Kier alpha value is -0.0775. The molecule has 23 heavy (non-hydrogen) atoms. The average molecular weight is 346 g/mol. The largest absolute Gasteiger partial charge is 0.644 e. The third kappa shape index (κ3) is 30.4. The van der Waals surface area contributed by atoms with Crippen LogP contribution in [0.15, 0.2) is 0 Å². The first kappa shape index (κ1) is 25.2. The average Bonchev–Trinajstić information content (AvgIpc) is 2.51. The van der Waals surface area contributed by atoms with Gasteiger partial charge in [0.2, 0.25) is 0 Å². The second kappa shape index (κ2) is 24.2. The number of rotatable bonds is 16. The van der Waals surface area contributed by atoms with Crippen LogP contribution in [0, 0.1) is 0 Å². The zero-order valence-electron chi connectivity index (χ0n) is 15.3. The highest BCUT2D eigenvalue weighted by Gasteiger charge is 1.97. The van der Waals surface area contributed by atoms with E-state index in [2.05, 4.69) is 6.92 Å². The Kier molecular flexibility index (Phi) is 26.5. The number of aliphatic carboxylic acids is 1. The summed E-state index contributed by atoms with van der Waals surface area (Å²) in [5, 5.41) is 8.52. The van der Waals surface area contributed by atoms with Gasteiger partial charge in [0, 0.05) is 6.42 Å². The summed E-state index contributed by atoms with van der Waals surface area (Å²) >= 11 is -1.58. The van der Waals surface area contributed by atoms with E-state index in [1.54, 1.807) is 0 Å². The van der Waals surface area contributed by atoms with Gasteiger partial charge in [-0.3, -0.25) is 4.79 Å². The number of carboxylic acid groups (broad SMARTS) is 1. The van der Waals surface area contributed by atoms with E-state index in [1.807, 2.05) is 0 Å². The van der Waals surface area contributed by atoms with Crippen molar-refractivity contribution < 1.29 is 18.2 Å². The molecule has 0 fully saturated rings. The normalized spacial score (nSPS) is 10.0. The SMILES string of the molecule is CCCCCCCCCCCCCCCCCC(=O)O.[OH][AlH][OH]. The first-order valence-corrected chi connectivity index (χ1v) is 10.9. The minimum Gasteiger partial charge on any atom is -0.496 e. The predicted molar refractivity (Wildman–Crippen MR) is 98.8 cm³/mol. The molecule has 0 aromatic heterocycles. The zero-order chi connectivity index (χ0) is 17.6. The topological polar surface area (TPSA) is 77.8 Å². The molecular weight excluding hydrogens is 307 g/mol. The zero-order valence-corrected chi connectivity index (χ0v) is 16.7. The molecular formula is C18H39AlO4. The van der Waals surface area contributed by atoms with E-state index in [0.717, 1.165) is 12.8 Å². The molecule has 5 heteroatoms. The summed E-state index contributed by atoms with van der Waals surface area (Å²) in [6.45, 7) is 2.27. The van der Waals surface area contributed by atoms with Crippen LogP contribution >= 0.6 is 0 Å². The summed E-state index contributed by atoms with van der Waals surface area (Å²) in [5.74, 6) is -0.653. The van der Waals surface area contributed by atoms with E-state index in [1.165, 1.54) is 83.5 Å². The van der Waals surface area contributed by atoms with Crippen molar-refractivity contribution in [2.24, 2.45) is 0 Å². The molecule has 0 aromatic carbocycles. The van der Waals surface area contributed by atoms with Crippen molar-refractivity contribution in [1.29, 1.82) is 0 Å². The predicted octanol–water partition coefficient (Wildman–Crippen LogP) is 4.57. The van der Waals surface area contributed by atoms with Crippen LogP contribution in [0.25, 0.3) is 0 Å². The van der Waals surface area contributed by atoms with Gasteiger partial charge in [0.25, 0.3) is 0 Å². The van der Waals surface area contributed by atoms with Crippen molar-refractivity contribution >= 4 is 21.9 Å². The molecule has 138 valence electrons. The highest BCUT2D eigenvalue weighted by molar-refractivity contribution is 6.13. The van der Waals surface area contributed by atoms with Crippen molar-refractivity contribution in [3.8, 4) is 0 Å². The highest BCUT2D eigenvalue weighted by atomic mass is 27.2. The lowest BCUT2D eigenvalue weighted by Crippen LogP contribution is -1.93. The molecule has 0 aromatic rings. The van der Waals surface area contributed by atoms with Gasteiger partial charge in [0.1, 0.15) is 0 Å². The van der Waals surface area contributed by atoms with Crippen LogP contribution in [-0.4, -0.2) is 35.3 Å². The number of hydrogen-bond acceptors (Lipinski definition) is 3. The van der Waals surface area contributed by atoms with E-state index in [-0.39, 0.29) is 0 Å². The van der Waals surface area contributed by atoms with Gasteiger partial charge in [0.05, 0.1) is 0 Å². The molecule has 0 bridgehead atoms. The third-order valence-electron chi connectivity index (χ3n) is 3.99. The molecule has 0 rings (SSSR count). The molecule has 0 spiro atoms. The molecule has 0 unspecified atom stereocenters. The Bertz CT molecular complexity index is 225. The molecule has 0 saturated carbocycles. The summed E-state index contributed by atoms with van der Waals surface area (Å²) in [6, 6.07) is 0. The fourth-order valence-electron chi connectivity index (χ4n) is 2.65. The van der Waals surface area contributed by atoms with Crippen molar-refractivity contribution in [2.75, 3.05) is 0 Å². The molecule has 0 aliphatic carbocycles. The molecule has 0 heterocycles.